The molecule has 6 heteroatoms. The monoisotopic (exact) mass is 391 g/mol. The number of rotatable bonds is 4. The van der Waals surface area contributed by atoms with Crippen LogP contribution in [0.5, 0.6) is 0 Å². The van der Waals surface area contributed by atoms with Crippen LogP contribution in [-0.2, 0) is 4.79 Å². The molecule has 0 aliphatic carbocycles. The Labute approximate surface area is 168 Å². The molecule has 1 saturated heterocycles. The molecular weight excluding hydrogens is 370 g/mol. The Morgan fingerprint density at radius 3 is 2.79 bits per heavy atom. The van der Waals surface area contributed by atoms with E-state index in [1.807, 2.05) is 11.4 Å². The topological polar surface area (TPSA) is 62.3 Å². The van der Waals surface area contributed by atoms with E-state index in [4.69, 9.17) is 0 Å². The number of benzene rings is 2. The van der Waals surface area contributed by atoms with Gasteiger partial charge in [0.15, 0.2) is 5.13 Å². The van der Waals surface area contributed by atoms with Gasteiger partial charge in [-0.25, -0.2) is 4.98 Å². The van der Waals surface area contributed by atoms with Gasteiger partial charge in [0.1, 0.15) is 0 Å². The van der Waals surface area contributed by atoms with E-state index in [1.54, 1.807) is 23.1 Å². The summed E-state index contributed by atoms with van der Waals surface area (Å²) >= 11 is 1.40. The molecule has 3 aromatic rings. The zero-order valence-corrected chi connectivity index (χ0v) is 16.7. The summed E-state index contributed by atoms with van der Waals surface area (Å²) in [4.78, 5) is 30.9. The van der Waals surface area contributed by atoms with Crippen molar-refractivity contribution in [3.8, 4) is 11.3 Å². The smallest absolute Gasteiger partial charge is 0.257 e. The van der Waals surface area contributed by atoms with Crippen LogP contribution >= 0.6 is 11.3 Å². The second-order valence-corrected chi connectivity index (χ2v) is 7.87. The molecule has 0 radical (unpaired) electrons. The Balaban J connectivity index is 1.51. The van der Waals surface area contributed by atoms with E-state index in [1.165, 1.54) is 16.9 Å². The van der Waals surface area contributed by atoms with E-state index in [-0.39, 0.29) is 11.8 Å². The molecule has 2 heterocycles. The summed E-state index contributed by atoms with van der Waals surface area (Å²) in [6.07, 6.45) is 1.42. The molecule has 0 saturated carbocycles. The molecule has 0 bridgehead atoms. The number of thiazole rings is 1. The van der Waals surface area contributed by atoms with Gasteiger partial charge in [0.2, 0.25) is 5.91 Å². The van der Waals surface area contributed by atoms with Gasteiger partial charge >= 0.3 is 0 Å². The molecule has 28 heavy (non-hydrogen) atoms. The fourth-order valence-corrected chi connectivity index (χ4v) is 4.17. The number of hydrogen-bond donors (Lipinski definition) is 1. The number of carbonyl (C=O) groups is 2. The zero-order valence-electron chi connectivity index (χ0n) is 15.9. The molecule has 1 N–H and O–H groups in total. The number of anilines is 2. The number of aromatic nitrogens is 1. The van der Waals surface area contributed by atoms with Crippen LogP contribution in [0.3, 0.4) is 0 Å². The summed E-state index contributed by atoms with van der Waals surface area (Å²) in [5.41, 5.74) is 5.57. The number of carbonyl (C=O) groups excluding carboxylic acids is 2. The van der Waals surface area contributed by atoms with Crippen LogP contribution in [0.15, 0.2) is 47.8 Å². The molecule has 2 aromatic carbocycles. The van der Waals surface area contributed by atoms with Crippen molar-refractivity contribution in [3.05, 3.63) is 64.5 Å². The summed E-state index contributed by atoms with van der Waals surface area (Å²) < 4.78 is 0. The second kappa shape index (κ2) is 7.56. The Kier molecular flexibility index (Phi) is 4.96. The van der Waals surface area contributed by atoms with E-state index in [9.17, 15) is 9.59 Å². The first-order valence-corrected chi connectivity index (χ1v) is 10.1. The van der Waals surface area contributed by atoms with Gasteiger partial charge in [-0.15, -0.1) is 11.3 Å². The quantitative estimate of drug-likeness (QED) is 0.694. The van der Waals surface area contributed by atoms with Crippen molar-refractivity contribution in [2.24, 2.45) is 0 Å². The van der Waals surface area contributed by atoms with Crippen molar-refractivity contribution < 1.29 is 9.59 Å². The minimum absolute atomic E-state index is 0.107. The van der Waals surface area contributed by atoms with Gasteiger partial charge in [-0.3, -0.25) is 14.9 Å². The summed E-state index contributed by atoms with van der Waals surface area (Å²) in [5, 5.41) is 5.38. The predicted molar refractivity (Wildman–Crippen MR) is 113 cm³/mol. The molecule has 0 spiro atoms. The van der Waals surface area contributed by atoms with E-state index in [2.05, 4.69) is 42.3 Å². The lowest BCUT2D eigenvalue weighted by molar-refractivity contribution is -0.117. The molecule has 1 aromatic heterocycles. The molecular formula is C22H21N3O2S. The number of aryl methyl sites for hydroxylation is 2. The lowest BCUT2D eigenvalue weighted by atomic mass is 10.0. The lowest BCUT2D eigenvalue weighted by Crippen LogP contribution is -2.24. The maximum Gasteiger partial charge on any atom is 0.257 e. The van der Waals surface area contributed by atoms with E-state index in [0.717, 1.165) is 28.9 Å². The number of hydrogen-bond acceptors (Lipinski definition) is 4. The van der Waals surface area contributed by atoms with Gasteiger partial charge in [-0.05, 0) is 44.0 Å². The number of amides is 2. The van der Waals surface area contributed by atoms with Gasteiger partial charge in [0.25, 0.3) is 5.91 Å². The van der Waals surface area contributed by atoms with Gasteiger partial charge in [-0.2, -0.15) is 0 Å². The van der Waals surface area contributed by atoms with Crippen LogP contribution in [0.25, 0.3) is 11.3 Å². The van der Waals surface area contributed by atoms with Crippen molar-refractivity contribution in [3.63, 3.8) is 0 Å². The largest absolute Gasteiger partial charge is 0.312 e. The fourth-order valence-electron chi connectivity index (χ4n) is 3.46. The molecule has 2 amide bonds. The van der Waals surface area contributed by atoms with Crippen LogP contribution in [0.1, 0.15) is 34.3 Å². The minimum atomic E-state index is -0.227. The summed E-state index contributed by atoms with van der Waals surface area (Å²) in [6, 6.07) is 13.4. The molecule has 0 atom stereocenters. The highest BCUT2D eigenvalue weighted by Crippen LogP contribution is 2.28. The molecule has 1 aliphatic heterocycles. The average Bonchev–Trinajstić information content (AvgIpc) is 3.31. The molecule has 142 valence electrons. The standard InChI is InChI=1S/C22H21N3O2S/c1-14-8-9-18(15(2)11-14)19-13-28-22(23-19)24-21(27)16-5-3-6-17(12-16)25-10-4-7-20(25)26/h3,5-6,8-9,11-13H,4,7,10H2,1-2H3,(H,23,24,27). The lowest BCUT2D eigenvalue weighted by Gasteiger charge is -2.16. The van der Waals surface area contributed by atoms with E-state index >= 15 is 0 Å². The Morgan fingerprint density at radius 1 is 1.18 bits per heavy atom. The average molecular weight is 391 g/mol. The maximum absolute atomic E-state index is 12.7. The van der Waals surface area contributed by atoms with Crippen LogP contribution < -0.4 is 10.2 Å². The van der Waals surface area contributed by atoms with E-state index < -0.39 is 0 Å². The summed E-state index contributed by atoms with van der Waals surface area (Å²) in [7, 11) is 0. The van der Waals surface area contributed by atoms with Crippen molar-refractivity contribution >= 4 is 34.0 Å². The van der Waals surface area contributed by atoms with Crippen molar-refractivity contribution in [1.29, 1.82) is 0 Å². The Morgan fingerprint density at radius 2 is 2.04 bits per heavy atom. The third-order valence-electron chi connectivity index (χ3n) is 4.88. The van der Waals surface area contributed by atoms with Gasteiger partial charge in [0, 0.05) is 35.2 Å². The molecule has 1 fully saturated rings. The minimum Gasteiger partial charge on any atom is -0.312 e. The molecule has 5 nitrogen and oxygen atoms in total. The van der Waals surface area contributed by atoms with Crippen LogP contribution in [0, 0.1) is 13.8 Å². The van der Waals surface area contributed by atoms with Crippen molar-refractivity contribution in [1.82, 2.24) is 4.98 Å². The second-order valence-electron chi connectivity index (χ2n) is 7.01. The highest BCUT2D eigenvalue weighted by molar-refractivity contribution is 7.14. The van der Waals surface area contributed by atoms with Gasteiger partial charge in [-0.1, -0.05) is 29.8 Å². The van der Waals surface area contributed by atoms with Gasteiger partial charge < -0.3 is 4.90 Å². The zero-order chi connectivity index (χ0) is 19.7. The Hall–Kier alpha value is -2.99. The van der Waals surface area contributed by atoms with Crippen molar-refractivity contribution in [2.75, 3.05) is 16.8 Å². The number of nitrogens with one attached hydrogen (secondary N) is 1. The maximum atomic E-state index is 12.7. The first kappa shape index (κ1) is 18.4. The van der Waals surface area contributed by atoms with E-state index in [0.29, 0.717) is 23.7 Å². The SMILES string of the molecule is Cc1ccc(-c2csc(NC(=O)c3cccc(N4CCCC4=O)c3)n2)c(C)c1. The molecule has 0 unspecified atom stereocenters. The third kappa shape index (κ3) is 3.68. The van der Waals surface area contributed by atoms with Crippen molar-refractivity contribution in [2.45, 2.75) is 26.7 Å². The number of nitrogens with zero attached hydrogens (tertiary/aromatic N) is 2. The van der Waals surface area contributed by atoms with Crippen LogP contribution in [-0.4, -0.2) is 23.3 Å². The summed E-state index contributed by atoms with van der Waals surface area (Å²) in [5.74, 6) is -0.120. The Bertz CT molecular complexity index is 1060. The van der Waals surface area contributed by atoms with Gasteiger partial charge in [0.05, 0.1) is 5.69 Å². The third-order valence-corrected chi connectivity index (χ3v) is 5.63. The summed E-state index contributed by atoms with van der Waals surface area (Å²) in [6.45, 7) is 4.83. The van der Waals surface area contributed by atoms with Crippen LogP contribution in [0.2, 0.25) is 0 Å². The van der Waals surface area contributed by atoms with Crippen LogP contribution in [0.4, 0.5) is 10.8 Å². The first-order valence-electron chi connectivity index (χ1n) is 9.26. The highest BCUT2D eigenvalue weighted by atomic mass is 32.1. The first-order chi connectivity index (χ1) is 13.5. The normalized spacial score (nSPS) is 13.8. The molecule has 1 aliphatic rings. The fraction of sp³-hybridized carbons (Fsp3) is 0.227. The highest BCUT2D eigenvalue weighted by Gasteiger charge is 2.22. The molecule has 4 rings (SSSR count). The predicted octanol–water partition coefficient (Wildman–Crippen LogP) is 4.81.